The number of amides is 1. The normalized spacial score (nSPS) is 10.7. The van der Waals surface area contributed by atoms with Gasteiger partial charge in [-0.2, -0.15) is 11.8 Å². The zero-order valence-electron chi connectivity index (χ0n) is 14.6. The number of hydrogen-bond donors (Lipinski definition) is 1. The average molecular weight is 361 g/mol. The largest absolute Gasteiger partial charge is 0.484 e. The van der Waals surface area contributed by atoms with Crippen LogP contribution in [0.3, 0.4) is 0 Å². The van der Waals surface area contributed by atoms with Gasteiger partial charge in [0.25, 0.3) is 5.91 Å². The molecule has 0 spiro atoms. The summed E-state index contributed by atoms with van der Waals surface area (Å²) in [6, 6.07) is 14.5. The van der Waals surface area contributed by atoms with Crippen LogP contribution in [-0.2, 0) is 10.5 Å². The van der Waals surface area contributed by atoms with E-state index < -0.39 is 0 Å². The first-order valence-corrected chi connectivity index (χ1v) is 9.52. The van der Waals surface area contributed by atoms with E-state index in [9.17, 15) is 9.18 Å². The van der Waals surface area contributed by atoms with E-state index in [-0.39, 0.29) is 18.3 Å². The molecule has 0 aliphatic rings. The Morgan fingerprint density at radius 2 is 1.88 bits per heavy atom. The molecule has 0 atom stereocenters. The molecule has 0 heterocycles. The second kappa shape index (κ2) is 10.1. The van der Waals surface area contributed by atoms with Crippen LogP contribution in [0.4, 0.5) is 4.39 Å². The highest BCUT2D eigenvalue weighted by atomic mass is 32.2. The third kappa shape index (κ3) is 6.78. The molecular weight excluding hydrogens is 337 g/mol. The second-order valence-corrected chi connectivity index (χ2v) is 7.11. The summed E-state index contributed by atoms with van der Waals surface area (Å²) >= 11 is 1.59. The van der Waals surface area contributed by atoms with Gasteiger partial charge in [0.05, 0.1) is 0 Å². The average Bonchev–Trinajstić information content (AvgIpc) is 2.61. The highest BCUT2D eigenvalue weighted by Gasteiger charge is 2.04. The Morgan fingerprint density at radius 1 is 1.16 bits per heavy atom. The summed E-state index contributed by atoms with van der Waals surface area (Å²) in [5.41, 5.74) is 1.93. The number of benzene rings is 2. The topological polar surface area (TPSA) is 38.3 Å². The molecule has 2 aromatic rings. The molecule has 134 valence electrons. The maximum atomic E-state index is 13.5. The number of rotatable bonds is 9. The van der Waals surface area contributed by atoms with Crippen molar-refractivity contribution in [1.82, 2.24) is 5.32 Å². The number of ether oxygens (including phenoxy) is 1. The fourth-order valence-corrected chi connectivity index (χ4v) is 3.05. The molecule has 3 nitrogen and oxygen atoms in total. The minimum atomic E-state index is -0.184. The van der Waals surface area contributed by atoms with Crippen LogP contribution < -0.4 is 10.1 Å². The van der Waals surface area contributed by atoms with Gasteiger partial charge in [-0.05, 0) is 35.2 Å². The lowest BCUT2D eigenvalue weighted by molar-refractivity contribution is -0.122. The number of thioether (sulfide) groups is 1. The predicted molar refractivity (Wildman–Crippen MR) is 102 cm³/mol. The molecule has 0 radical (unpaired) electrons. The van der Waals surface area contributed by atoms with Gasteiger partial charge in [0.2, 0.25) is 0 Å². The molecule has 0 aromatic heterocycles. The number of nitrogens with one attached hydrogen (secondary N) is 1. The molecule has 1 amide bonds. The van der Waals surface area contributed by atoms with Crippen LogP contribution in [-0.4, -0.2) is 24.8 Å². The van der Waals surface area contributed by atoms with E-state index in [2.05, 4.69) is 19.2 Å². The molecule has 0 fully saturated rings. The van der Waals surface area contributed by atoms with Crippen molar-refractivity contribution in [2.24, 2.45) is 0 Å². The molecular formula is C20H24FNO2S. The van der Waals surface area contributed by atoms with Gasteiger partial charge in [-0.1, -0.05) is 44.2 Å². The Kier molecular flexibility index (Phi) is 7.79. The van der Waals surface area contributed by atoms with Crippen molar-refractivity contribution >= 4 is 17.7 Å². The molecule has 0 saturated heterocycles. The zero-order chi connectivity index (χ0) is 18.1. The van der Waals surface area contributed by atoms with Crippen LogP contribution in [0.2, 0.25) is 0 Å². The fraction of sp³-hybridized carbons (Fsp3) is 0.350. The standard InChI is InChI=1S/C20H24FNO2S/c1-15(2)16-7-9-18(10-8-16)24-13-20(23)22-11-12-25-14-17-5-3-4-6-19(17)21/h3-10,15H,11-14H2,1-2H3,(H,22,23). The Hall–Kier alpha value is -2.01. The van der Waals surface area contributed by atoms with Crippen molar-refractivity contribution in [1.29, 1.82) is 0 Å². The van der Waals surface area contributed by atoms with Gasteiger partial charge in [-0.3, -0.25) is 4.79 Å². The van der Waals surface area contributed by atoms with E-state index in [4.69, 9.17) is 4.74 Å². The second-order valence-electron chi connectivity index (χ2n) is 6.01. The molecule has 1 N–H and O–H groups in total. The van der Waals surface area contributed by atoms with Gasteiger partial charge in [0, 0.05) is 18.1 Å². The van der Waals surface area contributed by atoms with Crippen molar-refractivity contribution in [3.63, 3.8) is 0 Å². The van der Waals surface area contributed by atoms with Gasteiger partial charge in [0.1, 0.15) is 11.6 Å². The Bertz CT molecular complexity index is 674. The van der Waals surface area contributed by atoms with Gasteiger partial charge < -0.3 is 10.1 Å². The third-order valence-corrected chi connectivity index (χ3v) is 4.71. The van der Waals surface area contributed by atoms with Crippen LogP contribution in [0, 0.1) is 5.82 Å². The number of carbonyl (C=O) groups excluding carboxylic acids is 1. The SMILES string of the molecule is CC(C)c1ccc(OCC(=O)NCCSCc2ccccc2F)cc1. The summed E-state index contributed by atoms with van der Waals surface area (Å²) in [5.74, 6) is 2.15. The van der Waals surface area contributed by atoms with E-state index >= 15 is 0 Å². The first-order chi connectivity index (χ1) is 12.1. The number of carbonyl (C=O) groups is 1. The maximum Gasteiger partial charge on any atom is 0.257 e. The Labute approximate surface area is 153 Å². The molecule has 5 heteroatoms. The summed E-state index contributed by atoms with van der Waals surface area (Å²) in [7, 11) is 0. The molecule has 0 aliphatic carbocycles. The lowest BCUT2D eigenvalue weighted by Crippen LogP contribution is -2.30. The quantitative estimate of drug-likeness (QED) is 0.674. The summed E-state index contributed by atoms with van der Waals surface area (Å²) in [5, 5.41) is 2.80. The highest BCUT2D eigenvalue weighted by Crippen LogP contribution is 2.18. The monoisotopic (exact) mass is 361 g/mol. The smallest absolute Gasteiger partial charge is 0.257 e. The molecule has 0 aliphatic heterocycles. The minimum absolute atomic E-state index is 0.000987. The van der Waals surface area contributed by atoms with E-state index in [0.29, 0.717) is 29.5 Å². The summed E-state index contributed by atoms with van der Waals surface area (Å²) < 4.78 is 18.9. The molecule has 0 unspecified atom stereocenters. The lowest BCUT2D eigenvalue weighted by Gasteiger charge is -2.09. The molecule has 0 saturated carbocycles. The van der Waals surface area contributed by atoms with Crippen molar-refractivity contribution in [3.8, 4) is 5.75 Å². The minimum Gasteiger partial charge on any atom is -0.484 e. The summed E-state index contributed by atoms with van der Waals surface area (Å²) in [4.78, 5) is 11.8. The van der Waals surface area contributed by atoms with Gasteiger partial charge in [0.15, 0.2) is 6.61 Å². The fourth-order valence-electron chi connectivity index (χ4n) is 2.21. The first-order valence-electron chi connectivity index (χ1n) is 8.37. The van der Waals surface area contributed by atoms with Crippen LogP contribution >= 0.6 is 11.8 Å². The highest BCUT2D eigenvalue weighted by molar-refractivity contribution is 7.98. The Morgan fingerprint density at radius 3 is 2.56 bits per heavy atom. The summed E-state index contributed by atoms with van der Waals surface area (Å²) in [6.07, 6.45) is 0. The molecule has 0 bridgehead atoms. The lowest BCUT2D eigenvalue weighted by atomic mass is 10.0. The van der Waals surface area contributed by atoms with Crippen LogP contribution in [0.5, 0.6) is 5.75 Å². The van der Waals surface area contributed by atoms with E-state index in [1.165, 1.54) is 11.6 Å². The van der Waals surface area contributed by atoms with Gasteiger partial charge >= 0.3 is 0 Å². The predicted octanol–water partition coefficient (Wildman–Crippen LogP) is 4.38. The van der Waals surface area contributed by atoms with Crippen molar-refractivity contribution in [2.45, 2.75) is 25.5 Å². The van der Waals surface area contributed by atoms with Crippen LogP contribution in [0.25, 0.3) is 0 Å². The molecule has 2 rings (SSSR count). The van der Waals surface area contributed by atoms with Crippen molar-refractivity contribution < 1.29 is 13.9 Å². The van der Waals surface area contributed by atoms with Gasteiger partial charge in [-0.15, -0.1) is 0 Å². The summed E-state index contributed by atoms with van der Waals surface area (Å²) in [6.45, 7) is 4.80. The van der Waals surface area contributed by atoms with E-state index in [0.717, 1.165) is 5.75 Å². The van der Waals surface area contributed by atoms with Crippen molar-refractivity contribution in [2.75, 3.05) is 18.9 Å². The zero-order valence-corrected chi connectivity index (χ0v) is 15.4. The molecule has 25 heavy (non-hydrogen) atoms. The third-order valence-electron chi connectivity index (χ3n) is 3.70. The van der Waals surface area contributed by atoms with Gasteiger partial charge in [-0.25, -0.2) is 4.39 Å². The Balaban J connectivity index is 1.60. The van der Waals surface area contributed by atoms with E-state index in [1.807, 2.05) is 30.3 Å². The van der Waals surface area contributed by atoms with Crippen LogP contribution in [0.15, 0.2) is 48.5 Å². The van der Waals surface area contributed by atoms with E-state index in [1.54, 1.807) is 23.9 Å². The molecule has 2 aromatic carbocycles. The first kappa shape index (κ1) is 19.3. The van der Waals surface area contributed by atoms with Crippen molar-refractivity contribution in [3.05, 3.63) is 65.5 Å². The van der Waals surface area contributed by atoms with Crippen LogP contribution in [0.1, 0.15) is 30.9 Å². The number of halogens is 1. The maximum absolute atomic E-state index is 13.5. The number of hydrogen-bond acceptors (Lipinski definition) is 3.